The molecule has 0 aliphatic rings. The highest BCUT2D eigenvalue weighted by atomic mass is 32.3. The van der Waals surface area contributed by atoms with Gasteiger partial charge in [0, 0.05) is 10.4 Å². The maximum absolute atomic E-state index is 8.52. The van der Waals surface area contributed by atoms with Gasteiger partial charge in [-0.05, 0) is 65.2 Å². The van der Waals surface area contributed by atoms with Crippen molar-refractivity contribution in [3.05, 3.63) is 0 Å². The Bertz CT molecular complexity index is 1130. The van der Waals surface area contributed by atoms with E-state index in [1.807, 2.05) is 0 Å². The molecule has 0 atom stereocenters. The van der Waals surface area contributed by atoms with E-state index in [1.54, 1.807) is 0 Å². The number of quaternary nitrogens is 2. The van der Waals surface area contributed by atoms with Crippen LogP contribution < -0.4 is 0 Å². The molecule has 7 heteroatoms. The third-order valence-electron chi connectivity index (χ3n) is 19.7. The van der Waals surface area contributed by atoms with E-state index in [2.05, 4.69) is 55.6 Å². The van der Waals surface area contributed by atoms with E-state index in [-0.39, 0.29) is 0 Å². The lowest BCUT2D eigenvalue weighted by Crippen LogP contribution is -2.45. The van der Waals surface area contributed by atoms with Crippen LogP contribution in [0.4, 0.5) is 0 Å². The third-order valence-corrected chi connectivity index (χ3v) is 19.7. The summed E-state index contributed by atoms with van der Waals surface area (Å²) in [6.07, 6.45) is 94.0. The molecule has 0 rings (SSSR count). The predicted octanol–water partition coefficient (Wildman–Crippen LogP) is 26.6. The summed E-state index contributed by atoms with van der Waals surface area (Å²) in [5.41, 5.74) is 0. The van der Waals surface area contributed by atoms with Gasteiger partial charge in [-0.3, -0.25) is 8.42 Å². The van der Waals surface area contributed by atoms with E-state index in [0.29, 0.717) is 0 Å². The minimum Gasteiger partial charge on any atom is -0.759 e. The maximum Gasteiger partial charge on any atom is 0.0784 e. The van der Waals surface area contributed by atoms with Crippen molar-refractivity contribution in [2.24, 2.45) is 0 Å². The Morgan fingerprint density at radius 1 is 0.188 bits per heavy atom. The fourth-order valence-corrected chi connectivity index (χ4v) is 13.0. The largest absolute Gasteiger partial charge is 0.759 e. The molecule has 0 aromatic rings. The van der Waals surface area contributed by atoms with Crippen LogP contribution in [0.5, 0.6) is 0 Å². The van der Waals surface area contributed by atoms with Crippen molar-refractivity contribution in [2.75, 3.05) is 53.4 Å². The van der Waals surface area contributed by atoms with Crippen molar-refractivity contribution in [2.45, 2.75) is 452 Å². The van der Waals surface area contributed by atoms with E-state index < -0.39 is 10.4 Å². The standard InChI is InChI=1S/2C39H82N.H2O4S/c2*1-5-8-10-12-14-16-18-20-22-24-26-28-30-32-34-36-38-40(4,7-3)39-37-35-33-31-29-27-25-23-21-19-17-15-13-11-9-6-2;1-5(2,3)4/h2*5-39H2,1-4H3;(H2,1,2,3,4)/q2*+1;/p-2. The molecule has 0 bridgehead atoms. The molecule has 0 aliphatic heterocycles. The first kappa shape index (κ1) is 89.0. The molecule has 0 spiro atoms. The Morgan fingerprint density at radius 2 is 0.271 bits per heavy atom. The van der Waals surface area contributed by atoms with Crippen LogP contribution >= 0.6 is 0 Å². The first-order valence-electron chi connectivity index (χ1n) is 39.7. The van der Waals surface area contributed by atoms with Crippen molar-refractivity contribution in [3.63, 3.8) is 0 Å². The molecule has 0 unspecified atom stereocenters. The molecule has 516 valence electrons. The van der Waals surface area contributed by atoms with Crippen molar-refractivity contribution in [1.29, 1.82) is 0 Å². The van der Waals surface area contributed by atoms with Gasteiger partial charge in [-0.2, -0.15) is 0 Å². The summed E-state index contributed by atoms with van der Waals surface area (Å²) in [6.45, 7) is 22.3. The Morgan fingerprint density at radius 3 is 0.353 bits per heavy atom. The molecular weight excluding hydrogens is 1060 g/mol. The summed E-state index contributed by atoms with van der Waals surface area (Å²) in [6, 6.07) is 0. The van der Waals surface area contributed by atoms with Crippen LogP contribution in [0.15, 0.2) is 0 Å². The topological polar surface area (TPSA) is 80.3 Å². The zero-order chi connectivity index (χ0) is 63.0. The second kappa shape index (κ2) is 74.5. The molecule has 0 aliphatic carbocycles. The van der Waals surface area contributed by atoms with E-state index in [1.165, 1.54) is 459 Å². The summed E-state index contributed by atoms with van der Waals surface area (Å²) < 4.78 is 36.7. The van der Waals surface area contributed by atoms with Crippen LogP contribution in [0.2, 0.25) is 0 Å². The molecule has 0 aromatic heterocycles. The monoisotopic (exact) mass is 1230 g/mol. The van der Waals surface area contributed by atoms with Gasteiger partial charge < -0.3 is 18.1 Å². The molecule has 6 nitrogen and oxygen atoms in total. The first-order valence-corrected chi connectivity index (χ1v) is 41.0. The second-order valence-corrected chi connectivity index (χ2v) is 29.2. The van der Waals surface area contributed by atoms with Crippen molar-refractivity contribution < 1.29 is 26.5 Å². The van der Waals surface area contributed by atoms with E-state index in [4.69, 9.17) is 17.5 Å². The lowest BCUT2D eigenvalue weighted by Gasteiger charge is -2.33. The van der Waals surface area contributed by atoms with E-state index >= 15 is 0 Å². The van der Waals surface area contributed by atoms with Crippen LogP contribution in [0, 0.1) is 0 Å². The first-order chi connectivity index (χ1) is 41.4. The molecule has 0 N–H and O–H groups in total. The molecule has 0 heterocycles. The van der Waals surface area contributed by atoms with Crippen molar-refractivity contribution >= 4 is 10.4 Å². The fourth-order valence-electron chi connectivity index (χ4n) is 13.0. The second-order valence-electron chi connectivity index (χ2n) is 28.4. The molecule has 0 fully saturated rings. The Kier molecular flexibility index (Phi) is 78.0. The minimum atomic E-state index is -5.17. The Balaban J connectivity index is -0.00000146. The number of nitrogens with zero attached hydrogens (tertiary/aromatic N) is 2. The van der Waals surface area contributed by atoms with Crippen molar-refractivity contribution in [3.8, 4) is 0 Å². The molecule has 0 radical (unpaired) electrons. The predicted molar refractivity (Wildman–Crippen MR) is 382 cm³/mol. The fraction of sp³-hybridized carbons (Fsp3) is 1.00. The van der Waals surface area contributed by atoms with Crippen molar-refractivity contribution in [1.82, 2.24) is 0 Å². The lowest BCUT2D eigenvalue weighted by atomic mass is 10.0. The lowest BCUT2D eigenvalue weighted by molar-refractivity contribution is -0.908. The van der Waals surface area contributed by atoms with Gasteiger partial charge in [-0.1, -0.05) is 387 Å². The Hall–Kier alpha value is -0.210. The van der Waals surface area contributed by atoms with Gasteiger partial charge in [0.2, 0.25) is 0 Å². The molecular formula is C78H164N2O4S. The highest BCUT2D eigenvalue weighted by Gasteiger charge is 2.19. The van der Waals surface area contributed by atoms with Gasteiger partial charge in [0.1, 0.15) is 0 Å². The van der Waals surface area contributed by atoms with Gasteiger partial charge in [0.05, 0.1) is 53.4 Å². The van der Waals surface area contributed by atoms with Gasteiger partial charge in [0.15, 0.2) is 0 Å². The SMILES string of the molecule is CCCCCCCCCCCCCCCCCC[N+](C)(CC)CCCCCCCCCCCCCCCCCC.CCCCCCCCCCCCCCCCCC[N+](C)(CC)CCCCCCCCCCCCCCCCCC.O=S(=O)([O-])[O-]. The number of unbranched alkanes of at least 4 members (excludes halogenated alkanes) is 60. The summed E-state index contributed by atoms with van der Waals surface area (Å²) in [5, 5.41) is 0. The average Bonchev–Trinajstić information content (AvgIpc) is 3.60. The zero-order valence-electron chi connectivity index (χ0n) is 60.4. The van der Waals surface area contributed by atoms with Crippen LogP contribution in [0.3, 0.4) is 0 Å². The quantitative estimate of drug-likeness (QED) is 0.0263. The number of hydrogen-bond donors (Lipinski definition) is 0. The maximum atomic E-state index is 8.52. The number of hydrogen-bond acceptors (Lipinski definition) is 4. The molecule has 0 saturated carbocycles. The van der Waals surface area contributed by atoms with Crippen LogP contribution in [-0.4, -0.2) is 79.9 Å². The molecule has 0 aromatic carbocycles. The normalized spacial score (nSPS) is 12.0. The smallest absolute Gasteiger partial charge is 0.0784 e. The van der Waals surface area contributed by atoms with E-state index in [0.717, 1.165) is 0 Å². The summed E-state index contributed by atoms with van der Waals surface area (Å²) in [5.74, 6) is 0. The van der Waals surface area contributed by atoms with E-state index in [9.17, 15) is 0 Å². The average molecular weight is 1230 g/mol. The molecule has 0 amide bonds. The van der Waals surface area contributed by atoms with Gasteiger partial charge in [0.25, 0.3) is 0 Å². The number of rotatable bonds is 70. The third kappa shape index (κ3) is 83.8. The summed E-state index contributed by atoms with van der Waals surface area (Å²) in [7, 11) is -0.118. The van der Waals surface area contributed by atoms with Gasteiger partial charge in [-0.15, -0.1) is 0 Å². The summed E-state index contributed by atoms with van der Waals surface area (Å²) in [4.78, 5) is 0. The zero-order valence-corrected chi connectivity index (χ0v) is 61.2. The van der Waals surface area contributed by atoms with Crippen LogP contribution in [-0.2, 0) is 10.4 Å². The molecule has 0 saturated heterocycles. The van der Waals surface area contributed by atoms with Gasteiger partial charge >= 0.3 is 0 Å². The Labute approximate surface area is 539 Å². The minimum absolute atomic E-state index is 1.32. The highest BCUT2D eigenvalue weighted by molar-refractivity contribution is 7.79. The molecule has 85 heavy (non-hydrogen) atoms. The van der Waals surface area contributed by atoms with Gasteiger partial charge in [-0.25, -0.2) is 0 Å². The summed E-state index contributed by atoms with van der Waals surface area (Å²) >= 11 is 0. The van der Waals surface area contributed by atoms with Crippen LogP contribution in [0.1, 0.15) is 452 Å². The van der Waals surface area contributed by atoms with Crippen LogP contribution in [0.25, 0.3) is 0 Å². The highest BCUT2D eigenvalue weighted by Crippen LogP contribution is 2.20.